The highest BCUT2D eigenvalue weighted by Crippen LogP contribution is 2.21. The van der Waals surface area contributed by atoms with E-state index in [4.69, 9.17) is 22.9 Å². The van der Waals surface area contributed by atoms with Crippen LogP contribution in [0.2, 0.25) is 0 Å². The van der Waals surface area contributed by atoms with E-state index in [1.165, 1.54) is 4.90 Å². The Hall–Kier alpha value is -3.42. The van der Waals surface area contributed by atoms with E-state index in [1.807, 2.05) is 13.8 Å². The summed E-state index contributed by atoms with van der Waals surface area (Å²) < 4.78 is 0. The Labute approximate surface area is 204 Å². The van der Waals surface area contributed by atoms with Crippen LogP contribution in [0.25, 0.3) is 0 Å². The van der Waals surface area contributed by atoms with E-state index < -0.39 is 54.3 Å². The second kappa shape index (κ2) is 14.1. The average molecular weight is 499 g/mol. The van der Waals surface area contributed by atoms with Crippen molar-refractivity contribution in [2.45, 2.75) is 76.5 Å². The zero-order chi connectivity index (χ0) is 26.7. The van der Waals surface area contributed by atoms with Gasteiger partial charge < -0.3 is 43.6 Å². The third kappa shape index (κ3) is 9.39. The highest BCUT2D eigenvalue weighted by atomic mass is 16.4. The molecule has 0 aromatic carbocycles. The van der Waals surface area contributed by atoms with E-state index in [9.17, 15) is 29.1 Å². The summed E-state index contributed by atoms with van der Waals surface area (Å²) in [5.74, 6) is -4.30. The van der Waals surface area contributed by atoms with Gasteiger partial charge in [-0.05, 0) is 31.6 Å². The molecule has 35 heavy (non-hydrogen) atoms. The normalized spacial score (nSPS) is 18.6. The van der Waals surface area contributed by atoms with Crippen LogP contribution < -0.4 is 33.6 Å². The molecule has 4 amide bonds. The maximum atomic E-state index is 13.0. The highest BCUT2D eigenvalue weighted by molar-refractivity contribution is 5.96. The highest BCUT2D eigenvalue weighted by Gasteiger charge is 2.39. The zero-order valence-electron chi connectivity index (χ0n) is 20.2. The van der Waals surface area contributed by atoms with Crippen molar-refractivity contribution in [1.29, 1.82) is 0 Å². The molecule has 0 saturated carbocycles. The molecule has 1 heterocycles. The fraction of sp³-hybridized carbons (Fsp3) is 0.714. The fourth-order valence-electron chi connectivity index (χ4n) is 3.70. The van der Waals surface area contributed by atoms with Gasteiger partial charge in [-0.3, -0.25) is 24.2 Å². The average Bonchev–Trinajstić information content (AvgIpc) is 3.28. The Kier molecular flexibility index (Phi) is 11.9. The second-order valence-electron chi connectivity index (χ2n) is 8.68. The third-order valence-corrected chi connectivity index (χ3v) is 5.98. The van der Waals surface area contributed by atoms with Crippen LogP contribution in [0.4, 0.5) is 0 Å². The Morgan fingerprint density at radius 3 is 2.31 bits per heavy atom. The smallest absolute Gasteiger partial charge is 0.326 e. The first-order valence-corrected chi connectivity index (χ1v) is 11.6. The summed E-state index contributed by atoms with van der Waals surface area (Å²) in [5, 5.41) is 14.2. The first-order valence-electron chi connectivity index (χ1n) is 11.6. The first-order chi connectivity index (χ1) is 16.4. The number of rotatable bonds is 14. The van der Waals surface area contributed by atoms with Crippen molar-refractivity contribution in [3.63, 3.8) is 0 Å². The van der Waals surface area contributed by atoms with Gasteiger partial charge in [0.05, 0.1) is 12.5 Å². The lowest BCUT2D eigenvalue weighted by Gasteiger charge is -2.30. The van der Waals surface area contributed by atoms with Gasteiger partial charge in [0, 0.05) is 13.1 Å². The molecule has 1 fully saturated rings. The summed E-state index contributed by atoms with van der Waals surface area (Å²) in [7, 11) is 0. The Balaban J connectivity index is 2.90. The summed E-state index contributed by atoms with van der Waals surface area (Å²) in [6.07, 6.45) is 1.34. The minimum atomic E-state index is -1.42. The number of carbonyl (C=O) groups excluding carboxylic acids is 4. The van der Waals surface area contributed by atoms with Gasteiger partial charge in [0.2, 0.25) is 23.6 Å². The molecule has 1 saturated heterocycles. The lowest BCUT2D eigenvalue weighted by molar-refractivity contribution is -0.143. The molecule has 0 aromatic heterocycles. The van der Waals surface area contributed by atoms with Gasteiger partial charge in [-0.25, -0.2) is 4.79 Å². The number of guanidine groups is 1. The van der Waals surface area contributed by atoms with Gasteiger partial charge in [-0.1, -0.05) is 20.3 Å². The van der Waals surface area contributed by atoms with Crippen LogP contribution in [0.15, 0.2) is 4.99 Å². The van der Waals surface area contributed by atoms with Crippen molar-refractivity contribution in [2.75, 3.05) is 13.1 Å². The number of nitrogens with two attached hydrogens (primary N) is 4. The number of primary amides is 1. The fourth-order valence-corrected chi connectivity index (χ4v) is 3.70. The third-order valence-electron chi connectivity index (χ3n) is 5.98. The number of likely N-dealkylation sites (tertiary alicyclic amines) is 1. The number of aliphatic imine (C=N–C) groups is 1. The van der Waals surface area contributed by atoms with E-state index >= 15 is 0 Å². The van der Waals surface area contributed by atoms with Gasteiger partial charge in [0.1, 0.15) is 18.1 Å². The second-order valence-corrected chi connectivity index (χ2v) is 8.68. The lowest BCUT2D eigenvalue weighted by Crippen LogP contribution is -2.57. The quantitative estimate of drug-likeness (QED) is 0.0748. The van der Waals surface area contributed by atoms with Crippen molar-refractivity contribution in [3.05, 3.63) is 0 Å². The summed E-state index contributed by atoms with van der Waals surface area (Å²) in [6, 6.07) is -4.36. The van der Waals surface area contributed by atoms with Gasteiger partial charge in [-0.15, -0.1) is 0 Å². The molecule has 1 aliphatic rings. The summed E-state index contributed by atoms with van der Waals surface area (Å²) >= 11 is 0. The molecule has 198 valence electrons. The molecule has 0 bridgehead atoms. The molecule has 11 N–H and O–H groups in total. The zero-order valence-corrected chi connectivity index (χ0v) is 20.2. The van der Waals surface area contributed by atoms with E-state index in [1.54, 1.807) is 0 Å². The van der Waals surface area contributed by atoms with Crippen molar-refractivity contribution < 1.29 is 29.1 Å². The molecule has 0 radical (unpaired) electrons. The summed E-state index contributed by atoms with van der Waals surface area (Å²) in [5.41, 5.74) is 21.7. The van der Waals surface area contributed by atoms with E-state index in [0.717, 1.165) is 0 Å². The SMILES string of the molecule is CCC(C)C(N)C(=O)N1CCCC1C(=O)NC(CC(N)=O)C(=O)NC(CCCN=C(N)N)C(=O)O. The predicted octanol–water partition coefficient (Wildman–Crippen LogP) is -2.67. The van der Waals surface area contributed by atoms with Crippen LogP contribution in [0.3, 0.4) is 0 Å². The van der Waals surface area contributed by atoms with Crippen LogP contribution in [0.5, 0.6) is 0 Å². The van der Waals surface area contributed by atoms with E-state index in [2.05, 4.69) is 15.6 Å². The van der Waals surface area contributed by atoms with Crippen molar-refractivity contribution >= 4 is 35.6 Å². The molecule has 5 unspecified atom stereocenters. The lowest BCUT2D eigenvalue weighted by atomic mass is 9.98. The van der Waals surface area contributed by atoms with Gasteiger partial charge >= 0.3 is 5.97 Å². The van der Waals surface area contributed by atoms with Gasteiger partial charge in [0.25, 0.3) is 0 Å². The summed E-state index contributed by atoms with van der Waals surface area (Å²) in [4.78, 5) is 66.8. The molecule has 5 atom stereocenters. The Morgan fingerprint density at radius 1 is 1.11 bits per heavy atom. The maximum absolute atomic E-state index is 13.0. The maximum Gasteiger partial charge on any atom is 0.326 e. The molecule has 0 aliphatic carbocycles. The molecule has 14 heteroatoms. The number of hydrogen-bond donors (Lipinski definition) is 7. The molecule has 1 aliphatic heterocycles. The predicted molar refractivity (Wildman–Crippen MR) is 127 cm³/mol. The Bertz CT molecular complexity index is 816. The Morgan fingerprint density at radius 2 is 1.77 bits per heavy atom. The number of carbonyl (C=O) groups is 5. The number of aliphatic carboxylic acids is 1. The molecular weight excluding hydrogens is 460 g/mol. The van der Waals surface area contributed by atoms with Gasteiger partial charge in [-0.2, -0.15) is 0 Å². The first kappa shape index (κ1) is 29.6. The van der Waals surface area contributed by atoms with E-state index in [0.29, 0.717) is 25.8 Å². The van der Waals surface area contributed by atoms with Gasteiger partial charge in [0.15, 0.2) is 5.96 Å². The standard InChI is InChI=1S/C21H38N8O6/c1-3-11(2)16(23)19(33)29-9-5-7-14(29)18(32)28-13(10-15(22)30)17(31)27-12(20(34)35)6-4-8-26-21(24)25/h11-14,16H,3-10,23H2,1-2H3,(H2,22,30)(H,27,31)(H,28,32)(H,34,35)(H4,24,25,26). The van der Waals surface area contributed by atoms with Crippen LogP contribution in [0, 0.1) is 5.92 Å². The number of nitrogens with one attached hydrogen (secondary N) is 2. The van der Waals surface area contributed by atoms with Crippen LogP contribution in [-0.4, -0.2) is 82.8 Å². The minimum Gasteiger partial charge on any atom is -0.480 e. The molecular formula is C21H38N8O6. The molecule has 0 aromatic rings. The molecule has 1 rings (SSSR count). The monoisotopic (exact) mass is 498 g/mol. The summed E-state index contributed by atoms with van der Waals surface area (Å²) in [6.45, 7) is 4.25. The van der Waals surface area contributed by atoms with Crippen LogP contribution in [-0.2, 0) is 24.0 Å². The number of hydrogen-bond acceptors (Lipinski definition) is 7. The molecule has 0 spiro atoms. The minimum absolute atomic E-state index is 0.00744. The van der Waals surface area contributed by atoms with Crippen LogP contribution >= 0.6 is 0 Å². The van der Waals surface area contributed by atoms with E-state index in [-0.39, 0.29) is 37.2 Å². The van der Waals surface area contributed by atoms with Crippen molar-refractivity contribution in [3.8, 4) is 0 Å². The number of carboxylic acid groups (broad SMARTS) is 1. The van der Waals surface area contributed by atoms with Crippen molar-refractivity contribution in [2.24, 2.45) is 33.8 Å². The van der Waals surface area contributed by atoms with Crippen molar-refractivity contribution in [1.82, 2.24) is 15.5 Å². The number of amides is 4. The number of carboxylic acids is 1. The largest absolute Gasteiger partial charge is 0.480 e. The molecule has 14 nitrogen and oxygen atoms in total. The topological polar surface area (TPSA) is 249 Å². The number of nitrogens with zero attached hydrogens (tertiary/aromatic N) is 2. The van der Waals surface area contributed by atoms with Crippen LogP contribution in [0.1, 0.15) is 52.4 Å².